The smallest absolute Gasteiger partial charge is 0.0878 e. The third-order valence-corrected chi connectivity index (χ3v) is 2.76. The quantitative estimate of drug-likeness (QED) is 0.826. The lowest BCUT2D eigenvalue weighted by atomic mass is 10.2. The standard InChI is InChI=1S/C13H17N3/c1-3-8-16-11-7-5-4-6-10(11)12(15)13(16)9(2)14/h4-7H,2-3,8,14-15H2,1H3. The molecule has 1 heterocycles. The van der Waals surface area contributed by atoms with Crippen LogP contribution in [-0.4, -0.2) is 4.57 Å². The van der Waals surface area contributed by atoms with Crippen LogP contribution in [0.5, 0.6) is 0 Å². The maximum Gasteiger partial charge on any atom is 0.0878 e. The molecular weight excluding hydrogens is 198 g/mol. The number of hydrogen-bond acceptors (Lipinski definition) is 2. The summed E-state index contributed by atoms with van der Waals surface area (Å²) in [5, 5.41) is 1.05. The Morgan fingerprint density at radius 1 is 1.38 bits per heavy atom. The molecule has 0 amide bonds. The summed E-state index contributed by atoms with van der Waals surface area (Å²) in [5.74, 6) is 0. The SMILES string of the molecule is C=C(N)c1c(N)c2ccccc2n1CCC. The number of para-hydroxylation sites is 1. The number of fused-ring (bicyclic) bond motifs is 1. The number of aryl methyl sites for hydroxylation is 1. The van der Waals surface area contributed by atoms with E-state index in [1.54, 1.807) is 0 Å². The van der Waals surface area contributed by atoms with Crippen molar-refractivity contribution in [3.63, 3.8) is 0 Å². The first-order valence-electron chi connectivity index (χ1n) is 5.48. The molecule has 0 atom stereocenters. The average Bonchev–Trinajstić information content (AvgIpc) is 2.54. The third-order valence-electron chi connectivity index (χ3n) is 2.76. The minimum Gasteiger partial charge on any atom is -0.397 e. The van der Waals surface area contributed by atoms with Gasteiger partial charge in [0.05, 0.1) is 22.6 Å². The van der Waals surface area contributed by atoms with Gasteiger partial charge in [0.25, 0.3) is 0 Å². The Hall–Kier alpha value is -1.90. The third kappa shape index (κ3) is 1.45. The van der Waals surface area contributed by atoms with E-state index in [2.05, 4.69) is 24.1 Å². The lowest BCUT2D eigenvalue weighted by molar-refractivity contribution is 0.696. The van der Waals surface area contributed by atoms with Crippen LogP contribution in [0.1, 0.15) is 19.0 Å². The normalized spacial score (nSPS) is 10.8. The van der Waals surface area contributed by atoms with E-state index >= 15 is 0 Å². The van der Waals surface area contributed by atoms with Gasteiger partial charge in [-0.05, 0) is 12.5 Å². The van der Waals surface area contributed by atoms with Gasteiger partial charge in [-0.1, -0.05) is 31.7 Å². The molecule has 16 heavy (non-hydrogen) atoms. The van der Waals surface area contributed by atoms with E-state index in [4.69, 9.17) is 11.5 Å². The Balaban J connectivity index is 2.80. The molecule has 0 bridgehead atoms. The zero-order valence-corrected chi connectivity index (χ0v) is 9.53. The lowest BCUT2D eigenvalue weighted by Crippen LogP contribution is -2.07. The van der Waals surface area contributed by atoms with E-state index in [1.807, 2.05) is 18.2 Å². The Bertz CT molecular complexity index is 537. The first-order chi connectivity index (χ1) is 7.66. The van der Waals surface area contributed by atoms with Gasteiger partial charge in [-0.15, -0.1) is 0 Å². The van der Waals surface area contributed by atoms with Gasteiger partial charge in [-0.2, -0.15) is 0 Å². The monoisotopic (exact) mass is 215 g/mol. The van der Waals surface area contributed by atoms with Crippen molar-refractivity contribution in [3.8, 4) is 0 Å². The van der Waals surface area contributed by atoms with E-state index < -0.39 is 0 Å². The van der Waals surface area contributed by atoms with Crippen molar-refractivity contribution >= 4 is 22.3 Å². The maximum absolute atomic E-state index is 6.11. The molecule has 0 spiro atoms. The van der Waals surface area contributed by atoms with Crippen LogP contribution in [0, 0.1) is 0 Å². The largest absolute Gasteiger partial charge is 0.397 e. The van der Waals surface area contributed by atoms with Crippen LogP contribution < -0.4 is 11.5 Å². The number of hydrogen-bond donors (Lipinski definition) is 2. The molecule has 1 aromatic heterocycles. The molecule has 0 fully saturated rings. The zero-order chi connectivity index (χ0) is 11.7. The molecule has 1 aromatic carbocycles. The Morgan fingerprint density at radius 2 is 2.06 bits per heavy atom. The molecule has 0 unspecified atom stereocenters. The van der Waals surface area contributed by atoms with Crippen molar-refractivity contribution in [1.29, 1.82) is 0 Å². The molecule has 2 rings (SSSR count). The molecule has 4 N–H and O–H groups in total. The number of nitrogen functional groups attached to an aromatic ring is 1. The van der Waals surface area contributed by atoms with Gasteiger partial charge in [0, 0.05) is 11.9 Å². The number of nitrogens with zero attached hydrogens (tertiary/aromatic N) is 1. The second-order valence-electron chi connectivity index (χ2n) is 3.96. The number of aromatic nitrogens is 1. The molecule has 0 radical (unpaired) electrons. The molecule has 0 saturated carbocycles. The maximum atomic E-state index is 6.11. The molecule has 0 aliphatic heterocycles. The van der Waals surface area contributed by atoms with Crippen LogP contribution in [0.2, 0.25) is 0 Å². The van der Waals surface area contributed by atoms with Crippen LogP contribution in [0.15, 0.2) is 30.8 Å². The molecule has 2 aromatic rings. The van der Waals surface area contributed by atoms with Crippen molar-refractivity contribution in [3.05, 3.63) is 36.5 Å². The van der Waals surface area contributed by atoms with Crippen molar-refractivity contribution in [2.45, 2.75) is 19.9 Å². The summed E-state index contributed by atoms with van der Waals surface area (Å²) in [6.07, 6.45) is 1.04. The first-order valence-corrected chi connectivity index (χ1v) is 5.48. The predicted molar refractivity (Wildman–Crippen MR) is 69.9 cm³/mol. The fourth-order valence-corrected chi connectivity index (χ4v) is 2.13. The van der Waals surface area contributed by atoms with Crippen LogP contribution in [0.25, 0.3) is 16.6 Å². The van der Waals surface area contributed by atoms with E-state index in [9.17, 15) is 0 Å². The summed E-state index contributed by atoms with van der Waals surface area (Å²) in [5.41, 5.74) is 15.2. The Morgan fingerprint density at radius 3 is 2.69 bits per heavy atom. The van der Waals surface area contributed by atoms with Gasteiger partial charge in [-0.25, -0.2) is 0 Å². The first kappa shape index (κ1) is 10.6. The highest BCUT2D eigenvalue weighted by molar-refractivity contribution is 5.98. The number of nitrogens with two attached hydrogens (primary N) is 2. The molecule has 0 saturated heterocycles. The molecule has 0 aliphatic rings. The summed E-state index contributed by atoms with van der Waals surface area (Å²) in [4.78, 5) is 0. The van der Waals surface area contributed by atoms with Crippen LogP contribution >= 0.6 is 0 Å². The van der Waals surface area contributed by atoms with E-state index in [0.717, 1.165) is 35.2 Å². The zero-order valence-electron chi connectivity index (χ0n) is 9.53. The minimum absolute atomic E-state index is 0.530. The number of benzene rings is 1. The molecule has 84 valence electrons. The Kier molecular flexibility index (Phi) is 2.60. The molecule has 3 nitrogen and oxygen atoms in total. The van der Waals surface area contributed by atoms with Gasteiger partial charge >= 0.3 is 0 Å². The van der Waals surface area contributed by atoms with E-state index in [-0.39, 0.29) is 0 Å². The topological polar surface area (TPSA) is 57.0 Å². The molecule has 3 heteroatoms. The Labute approximate surface area is 95.3 Å². The lowest BCUT2D eigenvalue weighted by Gasteiger charge is -2.09. The fourth-order valence-electron chi connectivity index (χ4n) is 2.13. The second-order valence-corrected chi connectivity index (χ2v) is 3.96. The van der Waals surface area contributed by atoms with Gasteiger partial charge in [0.1, 0.15) is 0 Å². The molecule has 0 aliphatic carbocycles. The van der Waals surface area contributed by atoms with Gasteiger partial charge in [0.15, 0.2) is 0 Å². The highest BCUT2D eigenvalue weighted by atomic mass is 15.0. The van der Waals surface area contributed by atoms with Crippen LogP contribution in [0.3, 0.4) is 0 Å². The fraction of sp³-hybridized carbons (Fsp3) is 0.231. The molecular formula is C13H17N3. The number of rotatable bonds is 3. The second kappa shape index (κ2) is 3.93. The van der Waals surface area contributed by atoms with E-state index in [0.29, 0.717) is 5.70 Å². The average molecular weight is 215 g/mol. The minimum atomic E-state index is 0.530. The van der Waals surface area contributed by atoms with Crippen molar-refractivity contribution in [1.82, 2.24) is 4.57 Å². The van der Waals surface area contributed by atoms with E-state index in [1.165, 1.54) is 0 Å². The summed E-state index contributed by atoms with van der Waals surface area (Å²) in [6.45, 7) is 6.84. The van der Waals surface area contributed by atoms with Crippen LogP contribution in [-0.2, 0) is 6.54 Å². The van der Waals surface area contributed by atoms with Gasteiger partial charge in [0.2, 0.25) is 0 Å². The van der Waals surface area contributed by atoms with Crippen molar-refractivity contribution in [2.75, 3.05) is 5.73 Å². The van der Waals surface area contributed by atoms with Crippen molar-refractivity contribution in [2.24, 2.45) is 5.73 Å². The van der Waals surface area contributed by atoms with Gasteiger partial charge in [-0.3, -0.25) is 0 Å². The summed E-state index contributed by atoms with van der Waals surface area (Å²) in [7, 11) is 0. The highest BCUT2D eigenvalue weighted by Gasteiger charge is 2.14. The number of anilines is 1. The van der Waals surface area contributed by atoms with Crippen molar-refractivity contribution < 1.29 is 0 Å². The van der Waals surface area contributed by atoms with Crippen LogP contribution in [0.4, 0.5) is 5.69 Å². The predicted octanol–water partition coefficient (Wildman–Crippen LogP) is 2.56. The summed E-state index contributed by atoms with van der Waals surface area (Å²) < 4.78 is 2.15. The summed E-state index contributed by atoms with van der Waals surface area (Å²) in [6, 6.07) is 8.08. The summed E-state index contributed by atoms with van der Waals surface area (Å²) >= 11 is 0. The highest BCUT2D eigenvalue weighted by Crippen LogP contribution is 2.31. The van der Waals surface area contributed by atoms with Gasteiger partial charge < -0.3 is 16.0 Å².